The molecule has 0 aliphatic carbocycles. The van der Waals surface area contributed by atoms with E-state index >= 15 is 0 Å². The predicted molar refractivity (Wildman–Crippen MR) is 128 cm³/mol. The summed E-state index contributed by atoms with van der Waals surface area (Å²) in [6.07, 6.45) is -1.00. The van der Waals surface area contributed by atoms with Crippen molar-refractivity contribution in [3.63, 3.8) is 0 Å². The number of benzene rings is 1. The highest BCUT2D eigenvalue weighted by Gasteiger charge is 2.32. The number of phenols is 1. The van der Waals surface area contributed by atoms with Gasteiger partial charge in [0.25, 0.3) is 0 Å². The largest absolute Gasteiger partial charge is 0.508 e. The number of phenolic OH excluding ortho intramolecular Hbond substituents is 1. The van der Waals surface area contributed by atoms with E-state index in [0.29, 0.717) is 5.56 Å². The molecule has 190 valence electrons. The summed E-state index contributed by atoms with van der Waals surface area (Å²) in [5.74, 6) is -3.60. The van der Waals surface area contributed by atoms with E-state index in [-0.39, 0.29) is 30.3 Å². The molecule has 1 aromatic carbocycles. The third-order valence-corrected chi connectivity index (χ3v) is 5.29. The number of rotatable bonds is 13. The lowest BCUT2D eigenvalue weighted by atomic mass is 10.0. The van der Waals surface area contributed by atoms with Gasteiger partial charge >= 0.3 is 5.97 Å². The molecule has 1 aromatic rings. The van der Waals surface area contributed by atoms with Crippen LogP contribution in [0.15, 0.2) is 24.3 Å². The third-order valence-electron chi connectivity index (χ3n) is 4.93. The highest BCUT2D eigenvalue weighted by molar-refractivity contribution is 7.80. The zero-order valence-corrected chi connectivity index (χ0v) is 20.3. The van der Waals surface area contributed by atoms with Gasteiger partial charge in [-0.25, -0.2) is 4.79 Å². The van der Waals surface area contributed by atoms with Crippen LogP contribution in [0.4, 0.5) is 0 Å². The van der Waals surface area contributed by atoms with Crippen LogP contribution >= 0.6 is 12.6 Å². The van der Waals surface area contributed by atoms with Crippen molar-refractivity contribution in [3.8, 4) is 5.75 Å². The van der Waals surface area contributed by atoms with Crippen molar-refractivity contribution < 1.29 is 34.5 Å². The van der Waals surface area contributed by atoms with Gasteiger partial charge in [0, 0.05) is 5.75 Å². The fourth-order valence-corrected chi connectivity index (χ4v) is 3.32. The second kappa shape index (κ2) is 13.8. The van der Waals surface area contributed by atoms with Crippen molar-refractivity contribution in [3.05, 3.63) is 29.8 Å². The Morgan fingerprint density at radius 3 is 1.97 bits per heavy atom. The van der Waals surface area contributed by atoms with Gasteiger partial charge in [-0.15, -0.1) is 0 Å². The molecule has 12 heteroatoms. The standard InChI is InChI=1S/C22H34N4O7S/c1-11(2)8-16(22(32)33)24-20(30)17(10-34)25-21(31)18(12(3)27)26-19(29)15(23)9-13-4-6-14(28)7-5-13/h4-7,11-12,15-18,27-28,34H,8-10,23H2,1-3H3,(H,24,30)(H,25,31)(H,26,29)(H,32,33). The molecule has 3 amide bonds. The number of aliphatic carboxylic acids is 1. The van der Waals surface area contributed by atoms with Crippen molar-refractivity contribution in [1.82, 2.24) is 16.0 Å². The van der Waals surface area contributed by atoms with Gasteiger partial charge in [-0.3, -0.25) is 14.4 Å². The Kier molecular flexibility index (Phi) is 11.8. The summed E-state index contributed by atoms with van der Waals surface area (Å²) in [4.78, 5) is 49.2. The highest BCUT2D eigenvalue weighted by Crippen LogP contribution is 2.11. The van der Waals surface area contributed by atoms with Crippen LogP contribution in [0.3, 0.4) is 0 Å². The minimum Gasteiger partial charge on any atom is -0.508 e. The number of amides is 3. The summed E-state index contributed by atoms with van der Waals surface area (Å²) in [6.45, 7) is 4.90. The Morgan fingerprint density at radius 1 is 0.941 bits per heavy atom. The first-order valence-corrected chi connectivity index (χ1v) is 11.4. The molecular formula is C22H34N4O7S. The zero-order chi connectivity index (χ0) is 26.0. The van der Waals surface area contributed by atoms with E-state index in [0.717, 1.165) is 0 Å². The molecule has 11 nitrogen and oxygen atoms in total. The summed E-state index contributed by atoms with van der Waals surface area (Å²) in [7, 11) is 0. The fraction of sp³-hybridized carbons (Fsp3) is 0.545. The van der Waals surface area contributed by atoms with E-state index in [9.17, 15) is 34.5 Å². The number of hydrogen-bond donors (Lipinski definition) is 8. The number of nitrogens with two attached hydrogens (primary N) is 1. The monoisotopic (exact) mass is 498 g/mol. The Labute approximate surface area is 203 Å². The number of nitrogens with one attached hydrogen (secondary N) is 3. The van der Waals surface area contributed by atoms with Crippen molar-refractivity contribution in [2.45, 2.75) is 63.9 Å². The molecule has 5 unspecified atom stereocenters. The predicted octanol–water partition coefficient (Wildman–Crippen LogP) is -0.842. The lowest BCUT2D eigenvalue weighted by Gasteiger charge is -2.26. The first-order valence-electron chi connectivity index (χ1n) is 10.8. The maximum absolute atomic E-state index is 12.7. The average molecular weight is 499 g/mol. The van der Waals surface area contributed by atoms with Gasteiger partial charge in [0.05, 0.1) is 12.1 Å². The second-order valence-corrected chi connectivity index (χ2v) is 8.84. The van der Waals surface area contributed by atoms with Crippen molar-refractivity contribution in [2.75, 3.05) is 5.75 Å². The van der Waals surface area contributed by atoms with E-state index in [2.05, 4.69) is 28.6 Å². The number of thiol groups is 1. The van der Waals surface area contributed by atoms with Crippen LogP contribution < -0.4 is 21.7 Å². The zero-order valence-electron chi connectivity index (χ0n) is 19.4. The number of carbonyl (C=O) groups is 4. The van der Waals surface area contributed by atoms with Crippen LogP contribution in [-0.4, -0.2) is 75.0 Å². The van der Waals surface area contributed by atoms with Crippen LogP contribution in [0, 0.1) is 5.92 Å². The first kappa shape index (κ1) is 29.2. The van der Waals surface area contributed by atoms with E-state index in [1.807, 2.05) is 13.8 Å². The molecule has 34 heavy (non-hydrogen) atoms. The molecule has 0 aromatic heterocycles. The minimum absolute atomic E-state index is 0.00561. The molecule has 0 spiro atoms. The minimum atomic E-state index is -1.42. The van der Waals surface area contributed by atoms with Gasteiger partial charge in [-0.05, 0) is 43.4 Å². The van der Waals surface area contributed by atoms with Crippen molar-refractivity contribution >= 4 is 36.3 Å². The summed E-state index contributed by atoms with van der Waals surface area (Å²) in [5.41, 5.74) is 6.59. The molecule has 8 N–H and O–H groups in total. The topological polar surface area (TPSA) is 191 Å². The smallest absolute Gasteiger partial charge is 0.326 e. The highest BCUT2D eigenvalue weighted by atomic mass is 32.1. The fourth-order valence-electron chi connectivity index (χ4n) is 3.06. The van der Waals surface area contributed by atoms with Crippen LogP contribution in [-0.2, 0) is 25.6 Å². The van der Waals surface area contributed by atoms with E-state index < -0.39 is 54.0 Å². The maximum Gasteiger partial charge on any atom is 0.326 e. The Balaban J connectivity index is 2.80. The van der Waals surface area contributed by atoms with E-state index in [4.69, 9.17) is 5.73 Å². The van der Waals surface area contributed by atoms with Gasteiger partial charge in [0.15, 0.2) is 0 Å². The average Bonchev–Trinajstić information content (AvgIpc) is 2.75. The number of aliphatic hydroxyl groups is 1. The Morgan fingerprint density at radius 2 is 1.50 bits per heavy atom. The number of carboxylic acid groups (broad SMARTS) is 1. The van der Waals surface area contributed by atoms with Gasteiger partial charge < -0.3 is 37.0 Å². The van der Waals surface area contributed by atoms with E-state index in [1.54, 1.807) is 12.1 Å². The molecule has 0 aliphatic heterocycles. The second-order valence-electron chi connectivity index (χ2n) is 8.48. The van der Waals surface area contributed by atoms with Gasteiger partial charge in [0.2, 0.25) is 17.7 Å². The molecule has 0 saturated heterocycles. The Bertz CT molecular complexity index is 848. The Hall–Kier alpha value is -2.83. The first-order chi connectivity index (χ1) is 15.8. The van der Waals surface area contributed by atoms with Crippen LogP contribution in [0.1, 0.15) is 32.8 Å². The maximum atomic E-state index is 12.7. The summed E-state index contributed by atoms with van der Waals surface area (Å²) in [6, 6.07) is 1.29. The SMILES string of the molecule is CC(C)CC(NC(=O)C(CS)NC(=O)C(NC(=O)C(N)Cc1ccc(O)cc1)C(C)O)C(=O)O. The van der Waals surface area contributed by atoms with Crippen molar-refractivity contribution in [1.29, 1.82) is 0 Å². The van der Waals surface area contributed by atoms with Crippen LogP contribution in [0.5, 0.6) is 5.75 Å². The number of aliphatic hydroxyl groups excluding tert-OH is 1. The molecule has 0 saturated carbocycles. The molecule has 0 aliphatic rings. The molecule has 0 fully saturated rings. The quantitative estimate of drug-likeness (QED) is 0.161. The van der Waals surface area contributed by atoms with Gasteiger partial charge in [-0.1, -0.05) is 26.0 Å². The van der Waals surface area contributed by atoms with E-state index in [1.165, 1.54) is 19.1 Å². The van der Waals surface area contributed by atoms with Gasteiger partial charge in [0.1, 0.15) is 23.9 Å². The lowest BCUT2D eigenvalue weighted by Crippen LogP contribution is -2.60. The molecule has 0 radical (unpaired) electrons. The molecular weight excluding hydrogens is 464 g/mol. The van der Waals surface area contributed by atoms with Gasteiger partial charge in [-0.2, -0.15) is 12.6 Å². The normalized spacial score (nSPS) is 15.5. The molecule has 0 bridgehead atoms. The number of carboxylic acids is 1. The number of carbonyl (C=O) groups excluding carboxylic acids is 3. The molecule has 1 rings (SSSR count). The van der Waals surface area contributed by atoms with Crippen LogP contribution in [0.2, 0.25) is 0 Å². The molecule has 5 atom stereocenters. The lowest BCUT2D eigenvalue weighted by molar-refractivity contribution is -0.142. The van der Waals surface area contributed by atoms with Crippen LogP contribution in [0.25, 0.3) is 0 Å². The number of hydrogen-bond acceptors (Lipinski definition) is 8. The number of aromatic hydroxyl groups is 1. The third kappa shape index (κ3) is 9.57. The summed E-state index contributed by atoms with van der Waals surface area (Å²) < 4.78 is 0. The molecule has 0 heterocycles. The van der Waals surface area contributed by atoms with Crippen molar-refractivity contribution in [2.24, 2.45) is 11.7 Å². The summed E-state index contributed by atoms with van der Waals surface area (Å²) in [5, 5.41) is 35.8. The summed E-state index contributed by atoms with van der Waals surface area (Å²) >= 11 is 4.05.